The van der Waals surface area contributed by atoms with Crippen LogP contribution in [-0.2, 0) is 0 Å². The van der Waals surface area contributed by atoms with E-state index in [-0.39, 0.29) is 0 Å². The Hall–Kier alpha value is -5.10. The zero-order valence-electron chi connectivity index (χ0n) is 20.8. The van der Waals surface area contributed by atoms with Crippen LogP contribution < -0.4 is 0 Å². The van der Waals surface area contributed by atoms with Gasteiger partial charge in [-0.05, 0) is 44.8 Å². The van der Waals surface area contributed by atoms with E-state index in [9.17, 15) is 0 Å². The zero-order valence-corrected chi connectivity index (χ0v) is 20.8. The highest BCUT2D eigenvalue weighted by Gasteiger charge is 2.18. The van der Waals surface area contributed by atoms with Gasteiger partial charge in [0.25, 0.3) is 0 Å². The quantitative estimate of drug-likeness (QED) is 0.230. The second kappa shape index (κ2) is 8.78. The highest BCUT2D eigenvalue weighted by Crippen LogP contribution is 2.44. The summed E-state index contributed by atoms with van der Waals surface area (Å²) in [5, 5.41) is 4.54. The number of aryl methyl sites for hydroxylation is 2. The van der Waals surface area contributed by atoms with Gasteiger partial charge in [0.1, 0.15) is 0 Å². The van der Waals surface area contributed by atoms with E-state index >= 15 is 0 Å². The van der Waals surface area contributed by atoms with Gasteiger partial charge in [-0.15, -0.1) is 0 Å². The highest BCUT2D eigenvalue weighted by atomic mass is 16.4. The predicted molar refractivity (Wildman–Crippen MR) is 148 cm³/mol. The molecule has 0 aliphatic carbocycles. The monoisotopic (exact) mass is 494 g/mol. The minimum Gasteiger partial charge on any atom is -0.441 e. The van der Waals surface area contributed by atoms with Crippen molar-refractivity contribution in [3.05, 3.63) is 110 Å². The largest absolute Gasteiger partial charge is 0.441 e. The Kier molecular flexibility index (Phi) is 5.11. The summed E-state index contributed by atoms with van der Waals surface area (Å²) in [6.45, 7) is 3.68. The van der Waals surface area contributed by atoms with E-state index in [1.165, 1.54) is 0 Å². The van der Waals surface area contributed by atoms with Crippen molar-refractivity contribution >= 4 is 21.5 Å². The third kappa shape index (κ3) is 3.66. The molecule has 0 saturated heterocycles. The minimum absolute atomic E-state index is 0.627. The van der Waals surface area contributed by atoms with Crippen molar-refractivity contribution in [3.8, 4) is 44.9 Å². The number of aromatic nitrogens is 4. The number of hydrogen-bond donors (Lipinski definition) is 0. The lowest BCUT2D eigenvalue weighted by atomic mass is 9.86. The smallest absolute Gasteiger partial charge is 0.191 e. The first-order chi connectivity index (χ1) is 18.7. The molecule has 182 valence electrons. The topological polar surface area (TPSA) is 77.8 Å². The molecule has 38 heavy (non-hydrogen) atoms. The summed E-state index contributed by atoms with van der Waals surface area (Å²) in [6.07, 6.45) is 10.9. The lowest BCUT2D eigenvalue weighted by Gasteiger charge is -2.17. The number of benzene rings is 3. The maximum absolute atomic E-state index is 5.79. The van der Waals surface area contributed by atoms with Crippen molar-refractivity contribution in [3.63, 3.8) is 0 Å². The van der Waals surface area contributed by atoms with Crippen molar-refractivity contribution in [2.24, 2.45) is 0 Å². The van der Waals surface area contributed by atoms with Crippen LogP contribution in [0.1, 0.15) is 11.8 Å². The average molecular weight is 495 g/mol. The molecule has 3 aromatic carbocycles. The van der Waals surface area contributed by atoms with E-state index in [1.54, 1.807) is 12.4 Å². The van der Waals surface area contributed by atoms with Gasteiger partial charge in [-0.1, -0.05) is 48.5 Å². The number of oxazole rings is 2. The summed E-state index contributed by atoms with van der Waals surface area (Å²) in [6, 6.07) is 21.2. The van der Waals surface area contributed by atoms with Crippen LogP contribution in [0.5, 0.6) is 0 Å². The van der Waals surface area contributed by atoms with Crippen LogP contribution in [0.25, 0.3) is 66.4 Å². The van der Waals surface area contributed by atoms with Gasteiger partial charge in [0.2, 0.25) is 0 Å². The number of rotatable bonds is 4. The van der Waals surface area contributed by atoms with Gasteiger partial charge < -0.3 is 8.83 Å². The summed E-state index contributed by atoms with van der Waals surface area (Å²) >= 11 is 0. The first-order valence-electron chi connectivity index (χ1n) is 12.4. The van der Waals surface area contributed by atoms with Gasteiger partial charge in [-0.2, -0.15) is 0 Å². The molecule has 0 saturated carbocycles. The molecule has 6 nitrogen and oxygen atoms in total. The van der Waals surface area contributed by atoms with Crippen LogP contribution in [0.15, 0.2) is 107 Å². The summed E-state index contributed by atoms with van der Waals surface area (Å²) in [4.78, 5) is 17.7. The number of fused-ring (bicyclic) bond motifs is 2. The molecule has 7 aromatic rings. The molecule has 0 bridgehead atoms. The predicted octanol–water partition coefficient (Wildman–Crippen LogP) is 8.04. The molecule has 4 heterocycles. The fourth-order valence-corrected chi connectivity index (χ4v) is 5.16. The molecule has 0 aliphatic rings. The van der Waals surface area contributed by atoms with E-state index in [2.05, 4.69) is 80.6 Å². The van der Waals surface area contributed by atoms with Crippen molar-refractivity contribution < 1.29 is 8.83 Å². The van der Waals surface area contributed by atoms with Crippen molar-refractivity contribution in [2.75, 3.05) is 0 Å². The molecule has 4 aromatic heterocycles. The van der Waals surface area contributed by atoms with Crippen molar-refractivity contribution in [2.45, 2.75) is 13.8 Å². The Labute approximate surface area is 218 Å². The molecular weight excluding hydrogens is 472 g/mol. The fourth-order valence-electron chi connectivity index (χ4n) is 5.16. The molecular formula is C32H22N4O2. The average Bonchev–Trinajstić information content (AvgIpc) is 3.60. The van der Waals surface area contributed by atoms with Crippen LogP contribution >= 0.6 is 0 Å². The van der Waals surface area contributed by atoms with Crippen molar-refractivity contribution in [1.29, 1.82) is 0 Å². The molecule has 6 heteroatoms. The van der Waals surface area contributed by atoms with Gasteiger partial charge in [-0.25, -0.2) is 9.97 Å². The maximum atomic E-state index is 5.79. The fraction of sp³-hybridized carbons (Fsp3) is 0.0625. The molecule has 0 fully saturated rings. The normalized spacial score (nSPS) is 11.4. The van der Waals surface area contributed by atoms with Gasteiger partial charge >= 0.3 is 0 Å². The van der Waals surface area contributed by atoms with E-state index in [0.29, 0.717) is 23.3 Å². The van der Waals surface area contributed by atoms with Gasteiger partial charge in [0, 0.05) is 60.9 Å². The van der Waals surface area contributed by atoms with Gasteiger partial charge in [0.15, 0.2) is 23.3 Å². The Bertz CT molecular complexity index is 1770. The standard InChI is InChI=1S/C32H22N4O2/c1-19-35-17-29(37-19)21-11-23(15-33-13-21)31-25-7-3-5-9-27(25)32(28-10-6-4-8-26(28)31)24-12-22(14-34-16-24)30-18-36-20(2)38-30/h3-18H,1-2H3. The van der Waals surface area contributed by atoms with E-state index in [0.717, 1.165) is 54.9 Å². The molecule has 0 amide bonds. The number of pyridine rings is 2. The summed E-state index contributed by atoms with van der Waals surface area (Å²) in [5.74, 6) is 2.66. The SMILES string of the molecule is Cc1ncc(-c2cncc(-c3c4ccccc4c(-c4cncc(-c5cnc(C)o5)c4)c4ccccc34)c2)o1. The van der Waals surface area contributed by atoms with Crippen LogP contribution in [0.4, 0.5) is 0 Å². The maximum Gasteiger partial charge on any atom is 0.191 e. The molecule has 0 spiro atoms. The molecule has 0 N–H and O–H groups in total. The summed E-state index contributed by atoms with van der Waals surface area (Å²) in [5.41, 5.74) is 6.05. The summed E-state index contributed by atoms with van der Waals surface area (Å²) < 4.78 is 11.6. The lowest BCUT2D eigenvalue weighted by Crippen LogP contribution is -1.92. The Morgan fingerprint density at radius 3 is 1.18 bits per heavy atom. The van der Waals surface area contributed by atoms with Crippen LogP contribution in [0, 0.1) is 13.8 Å². The van der Waals surface area contributed by atoms with E-state index in [4.69, 9.17) is 8.83 Å². The number of hydrogen-bond acceptors (Lipinski definition) is 6. The highest BCUT2D eigenvalue weighted by molar-refractivity contribution is 6.21. The van der Waals surface area contributed by atoms with Gasteiger partial charge in [0.05, 0.1) is 12.4 Å². The first kappa shape index (κ1) is 22.1. The second-order valence-electron chi connectivity index (χ2n) is 9.25. The Morgan fingerprint density at radius 2 is 0.842 bits per heavy atom. The molecule has 0 unspecified atom stereocenters. The second-order valence-corrected chi connectivity index (χ2v) is 9.25. The third-order valence-corrected chi connectivity index (χ3v) is 6.80. The molecule has 0 atom stereocenters. The van der Waals surface area contributed by atoms with E-state index in [1.807, 2.05) is 38.6 Å². The van der Waals surface area contributed by atoms with Crippen LogP contribution in [-0.4, -0.2) is 19.9 Å². The minimum atomic E-state index is 0.627. The lowest BCUT2D eigenvalue weighted by molar-refractivity contribution is 0.534. The van der Waals surface area contributed by atoms with Crippen LogP contribution in [0.3, 0.4) is 0 Å². The number of nitrogens with zero attached hydrogens (tertiary/aromatic N) is 4. The van der Waals surface area contributed by atoms with E-state index < -0.39 is 0 Å². The third-order valence-electron chi connectivity index (χ3n) is 6.80. The zero-order chi connectivity index (χ0) is 25.6. The Balaban J connectivity index is 1.51. The first-order valence-corrected chi connectivity index (χ1v) is 12.4. The molecule has 0 aliphatic heterocycles. The van der Waals surface area contributed by atoms with Crippen molar-refractivity contribution in [1.82, 2.24) is 19.9 Å². The van der Waals surface area contributed by atoms with Gasteiger partial charge in [-0.3, -0.25) is 9.97 Å². The van der Waals surface area contributed by atoms with Crippen LogP contribution in [0.2, 0.25) is 0 Å². The molecule has 7 rings (SSSR count). The molecule has 0 radical (unpaired) electrons. The Morgan fingerprint density at radius 1 is 0.474 bits per heavy atom. The summed E-state index contributed by atoms with van der Waals surface area (Å²) in [7, 11) is 0.